The number of nitro benzene ring substituents is 1. The summed E-state index contributed by atoms with van der Waals surface area (Å²) in [6, 6.07) is 10.5. The lowest BCUT2D eigenvalue weighted by molar-refractivity contribution is -0.384. The van der Waals surface area contributed by atoms with Crippen LogP contribution in [0, 0.1) is 10.1 Å². The lowest BCUT2D eigenvalue weighted by atomic mass is 10.2. The van der Waals surface area contributed by atoms with Crippen LogP contribution in [0.25, 0.3) is 0 Å². The lowest BCUT2D eigenvalue weighted by Gasteiger charge is -2.16. The van der Waals surface area contributed by atoms with Crippen LogP contribution in [-0.4, -0.2) is 41.3 Å². The Morgan fingerprint density at radius 3 is 2.72 bits per heavy atom. The van der Waals surface area contributed by atoms with Crippen LogP contribution in [0.15, 0.2) is 46.8 Å². The third kappa shape index (κ3) is 6.56. The predicted molar refractivity (Wildman–Crippen MR) is 114 cm³/mol. The van der Waals surface area contributed by atoms with E-state index in [1.807, 2.05) is 16.3 Å². The third-order valence-corrected chi connectivity index (χ3v) is 5.52. The molecule has 1 amide bonds. The SMILES string of the molecule is O=C1CCCN1CCCNC(=NCc1ccc([N+](=O)[O-])cc1)NCc1cccs1. The molecule has 154 valence electrons. The molecule has 1 aliphatic heterocycles. The molecule has 0 spiro atoms. The average Bonchev–Trinajstić information content (AvgIpc) is 3.38. The number of carbonyl (C=O) groups is 1. The van der Waals surface area contributed by atoms with Crippen molar-refractivity contribution in [2.75, 3.05) is 19.6 Å². The van der Waals surface area contributed by atoms with Crippen molar-refractivity contribution in [1.82, 2.24) is 15.5 Å². The smallest absolute Gasteiger partial charge is 0.269 e. The highest BCUT2D eigenvalue weighted by atomic mass is 32.1. The van der Waals surface area contributed by atoms with Gasteiger partial charge in [0, 0.05) is 43.1 Å². The predicted octanol–water partition coefficient (Wildman–Crippen LogP) is 2.90. The van der Waals surface area contributed by atoms with Gasteiger partial charge in [0.15, 0.2) is 5.96 Å². The molecule has 1 aromatic heterocycles. The van der Waals surface area contributed by atoms with E-state index in [4.69, 9.17) is 0 Å². The fraction of sp³-hybridized carbons (Fsp3) is 0.400. The highest BCUT2D eigenvalue weighted by molar-refractivity contribution is 7.09. The van der Waals surface area contributed by atoms with Gasteiger partial charge in [0.05, 0.1) is 18.0 Å². The maximum atomic E-state index is 11.7. The molecule has 0 bridgehead atoms. The molecule has 0 atom stereocenters. The van der Waals surface area contributed by atoms with Crippen molar-refractivity contribution in [3.8, 4) is 0 Å². The van der Waals surface area contributed by atoms with Gasteiger partial charge < -0.3 is 15.5 Å². The molecule has 2 N–H and O–H groups in total. The van der Waals surface area contributed by atoms with Crippen molar-refractivity contribution in [1.29, 1.82) is 0 Å². The quantitative estimate of drug-likeness (QED) is 0.216. The zero-order chi connectivity index (χ0) is 20.5. The molecule has 0 saturated carbocycles. The number of non-ortho nitro benzene ring substituents is 1. The van der Waals surface area contributed by atoms with Crippen molar-refractivity contribution in [3.63, 3.8) is 0 Å². The zero-order valence-corrected chi connectivity index (χ0v) is 17.0. The van der Waals surface area contributed by atoms with Gasteiger partial charge in [-0.15, -0.1) is 11.3 Å². The second kappa shape index (κ2) is 10.6. The van der Waals surface area contributed by atoms with Crippen molar-refractivity contribution in [2.45, 2.75) is 32.4 Å². The lowest BCUT2D eigenvalue weighted by Crippen LogP contribution is -2.38. The Kier molecular flexibility index (Phi) is 7.57. The number of nitrogens with one attached hydrogen (secondary N) is 2. The van der Waals surface area contributed by atoms with Crippen LogP contribution in [0.2, 0.25) is 0 Å². The van der Waals surface area contributed by atoms with E-state index in [9.17, 15) is 14.9 Å². The summed E-state index contributed by atoms with van der Waals surface area (Å²) < 4.78 is 0. The summed E-state index contributed by atoms with van der Waals surface area (Å²) in [5.74, 6) is 0.928. The third-order valence-electron chi connectivity index (χ3n) is 4.65. The molecule has 2 heterocycles. The molecule has 29 heavy (non-hydrogen) atoms. The number of hydrogen-bond donors (Lipinski definition) is 2. The van der Waals surface area contributed by atoms with E-state index >= 15 is 0 Å². The molecule has 2 aromatic rings. The fourth-order valence-electron chi connectivity index (χ4n) is 3.07. The Balaban J connectivity index is 1.53. The van der Waals surface area contributed by atoms with E-state index in [-0.39, 0.29) is 11.6 Å². The van der Waals surface area contributed by atoms with E-state index in [2.05, 4.69) is 21.7 Å². The van der Waals surface area contributed by atoms with Crippen molar-refractivity contribution in [3.05, 3.63) is 62.3 Å². The number of amides is 1. The van der Waals surface area contributed by atoms with Gasteiger partial charge >= 0.3 is 0 Å². The number of likely N-dealkylation sites (tertiary alicyclic amines) is 1. The average molecular weight is 416 g/mol. The Morgan fingerprint density at radius 1 is 1.24 bits per heavy atom. The topological polar surface area (TPSA) is 99.9 Å². The molecular formula is C20H25N5O3S. The second-order valence-corrected chi connectivity index (χ2v) is 7.82. The van der Waals surface area contributed by atoms with E-state index in [1.165, 1.54) is 17.0 Å². The summed E-state index contributed by atoms with van der Waals surface area (Å²) in [7, 11) is 0. The van der Waals surface area contributed by atoms with Gasteiger partial charge in [-0.1, -0.05) is 18.2 Å². The first kappa shape index (κ1) is 20.8. The second-order valence-electron chi connectivity index (χ2n) is 6.79. The molecule has 8 nitrogen and oxygen atoms in total. The summed E-state index contributed by atoms with van der Waals surface area (Å²) in [6.07, 6.45) is 2.47. The Morgan fingerprint density at radius 2 is 2.07 bits per heavy atom. The number of nitrogens with zero attached hydrogens (tertiary/aromatic N) is 3. The van der Waals surface area contributed by atoms with Gasteiger partial charge in [-0.2, -0.15) is 0 Å². The Bertz CT molecular complexity index is 836. The summed E-state index contributed by atoms with van der Waals surface area (Å²) in [4.78, 5) is 29.8. The molecule has 3 rings (SSSR count). The number of carbonyl (C=O) groups excluding carboxylic acids is 1. The number of hydrogen-bond acceptors (Lipinski definition) is 5. The zero-order valence-electron chi connectivity index (χ0n) is 16.2. The highest BCUT2D eigenvalue weighted by Gasteiger charge is 2.18. The molecule has 0 radical (unpaired) electrons. The summed E-state index contributed by atoms with van der Waals surface area (Å²) in [5, 5.41) is 19.4. The van der Waals surface area contributed by atoms with Gasteiger partial charge in [0.1, 0.15) is 0 Å². The van der Waals surface area contributed by atoms with Crippen molar-refractivity contribution in [2.24, 2.45) is 4.99 Å². The Hall–Kier alpha value is -2.94. The number of nitro groups is 1. The maximum absolute atomic E-state index is 11.7. The largest absolute Gasteiger partial charge is 0.356 e. The van der Waals surface area contributed by atoms with Crippen LogP contribution in [-0.2, 0) is 17.9 Å². The number of thiophene rings is 1. The minimum absolute atomic E-state index is 0.0726. The van der Waals surface area contributed by atoms with Gasteiger partial charge in [0.25, 0.3) is 5.69 Å². The first-order valence-electron chi connectivity index (χ1n) is 9.67. The summed E-state index contributed by atoms with van der Waals surface area (Å²) >= 11 is 1.68. The maximum Gasteiger partial charge on any atom is 0.269 e. The summed E-state index contributed by atoms with van der Waals surface area (Å²) in [5.41, 5.74) is 0.971. The van der Waals surface area contributed by atoms with Crippen LogP contribution in [0.5, 0.6) is 0 Å². The highest BCUT2D eigenvalue weighted by Crippen LogP contribution is 2.13. The summed E-state index contributed by atoms with van der Waals surface area (Å²) in [6.45, 7) is 3.42. The standard InChI is InChI=1S/C20H25N5O3S/c26-19-5-1-11-24(19)12-3-10-21-20(23-15-18-4-2-13-29-18)22-14-16-6-8-17(9-7-16)25(27)28/h2,4,6-9,13H,1,3,5,10-12,14-15H2,(H2,21,22,23). The van der Waals surface area contributed by atoms with Gasteiger partial charge in [-0.05, 0) is 29.9 Å². The first-order valence-corrected chi connectivity index (χ1v) is 10.6. The molecule has 1 saturated heterocycles. The number of benzene rings is 1. The normalized spacial score (nSPS) is 14.3. The van der Waals surface area contributed by atoms with Crippen LogP contribution in [0.3, 0.4) is 0 Å². The van der Waals surface area contributed by atoms with Crippen molar-refractivity contribution >= 4 is 28.9 Å². The molecule has 9 heteroatoms. The minimum atomic E-state index is -0.409. The monoisotopic (exact) mass is 415 g/mol. The van der Waals surface area contributed by atoms with Crippen LogP contribution in [0.4, 0.5) is 5.69 Å². The first-order chi connectivity index (χ1) is 14.1. The molecule has 0 unspecified atom stereocenters. The number of aliphatic imine (C=N–C) groups is 1. The van der Waals surface area contributed by atoms with E-state index < -0.39 is 4.92 Å². The fourth-order valence-corrected chi connectivity index (χ4v) is 3.71. The van der Waals surface area contributed by atoms with Crippen LogP contribution >= 0.6 is 11.3 Å². The van der Waals surface area contributed by atoms with Gasteiger partial charge in [-0.3, -0.25) is 14.9 Å². The van der Waals surface area contributed by atoms with Gasteiger partial charge in [0.2, 0.25) is 5.91 Å². The van der Waals surface area contributed by atoms with E-state index in [1.54, 1.807) is 23.5 Å². The van der Waals surface area contributed by atoms with E-state index in [0.29, 0.717) is 32.0 Å². The van der Waals surface area contributed by atoms with Gasteiger partial charge in [-0.25, -0.2) is 4.99 Å². The minimum Gasteiger partial charge on any atom is -0.356 e. The van der Waals surface area contributed by atoms with Crippen molar-refractivity contribution < 1.29 is 9.72 Å². The molecule has 1 aromatic carbocycles. The van der Waals surface area contributed by atoms with Crippen LogP contribution < -0.4 is 10.6 Å². The number of guanidine groups is 1. The number of rotatable bonds is 9. The van der Waals surface area contributed by atoms with E-state index in [0.717, 1.165) is 31.5 Å². The molecule has 1 fully saturated rings. The Labute approximate surface area is 173 Å². The molecular weight excluding hydrogens is 390 g/mol. The molecule has 0 aliphatic carbocycles. The molecule has 1 aliphatic rings. The van der Waals surface area contributed by atoms with Crippen LogP contribution in [0.1, 0.15) is 29.7 Å².